The monoisotopic (exact) mass is 498 g/mol. The topological polar surface area (TPSA) is 138 Å². The molecule has 0 saturated carbocycles. The first-order chi connectivity index (χ1) is 17.1. The average molecular weight is 499 g/mol. The minimum Gasteiger partial charge on any atom is -0.444 e. The molecule has 1 aliphatic heterocycles. The number of likely N-dealkylation sites (N-methyl/N-ethyl adjacent to an activating group) is 1. The first kappa shape index (κ1) is 25.6. The Kier molecular flexibility index (Phi) is 7.32. The molecule has 1 unspecified atom stereocenters. The van der Waals surface area contributed by atoms with Crippen molar-refractivity contribution in [3.05, 3.63) is 40.2 Å². The molecule has 11 nitrogen and oxygen atoms in total. The molecule has 1 aromatic carbocycles. The summed E-state index contributed by atoms with van der Waals surface area (Å²) in [6, 6.07) is 7.33. The number of carbonyl (C=O) groups is 1. The Labute approximate surface area is 209 Å². The molecule has 2 aromatic heterocycles. The van der Waals surface area contributed by atoms with E-state index in [1.165, 1.54) is 4.90 Å². The van der Waals surface area contributed by atoms with Crippen molar-refractivity contribution >= 4 is 22.8 Å². The van der Waals surface area contributed by atoms with Gasteiger partial charge < -0.3 is 24.8 Å². The first-order valence-electron chi connectivity index (χ1n) is 12.1. The van der Waals surface area contributed by atoms with Crippen LogP contribution >= 0.6 is 0 Å². The first-order valence-corrected chi connectivity index (χ1v) is 12.1. The van der Waals surface area contributed by atoms with Gasteiger partial charge in [0.05, 0.1) is 24.6 Å². The van der Waals surface area contributed by atoms with Crippen LogP contribution < -0.4 is 11.3 Å². The van der Waals surface area contributed by atoms with Crippen molar-refractivity contribution in [3.8, 4) is 11.3 Å². The largest absolute Gasteiger partial charge is 0.444 e. The Morgan fingerprint density at radius 3 is 2.56 bits per heavy atom. The van der Waals surface area contributed by atoms with Gasteiger partial charge in [0.25, 0.3) is 5.56 Å². The molecule has 3 aromatic rings. The molecular weight excluding hydrogens is 464 g/mol. The number of carbonyl (C=O) groups excluding carboxylic acids is 1. The van der Waals surface area contributed by atoms with Crippen LogP contribution in [0.1, 0.15) is 58.4 Å². The van der Waals surface area contributed by atoms with Gasteiger partial charge in [-0.05, 0) is 27.2 Å². The molecule has 1 atom stereocenters. The van der Waals surface area contributed by atoms with Gasteiger partial charge in [-0.1, -0.05) is 37.6 Å². The smallest absolute Gasteiger partial charge is 0.410 e. The molecule has 1 fully saturated rings. The van der Waals surface area contributed by atoms with Gasteiger partial charge in [-0.2, -0.15) is 10.2 Å². The Morgan fingerprint density at radius 1 is 1.28 bits per heavy atom. The number of H-pyrrole nitrogens is 1. The number of nitrogens with one attached hydrogen (secondary N) is 1. The van der Waals surface area contributed by atoms with Crippen LogP contribution in [-0.4, -0.2) is 63.4 Å². The number of nitrogen functional groups attached to an aromatic ring is 1. The highest BCUT2D eigenvalue weighted by molar-refractivity contribution is 5.99. The molecule has 194 valence electrons. The van der Waals surface area contributed by atoms with E-state index < -0.39 is 17.3 Å². The second kappa shape index (κ2) is 10.3. The number of amides is 1. The highest BCUT2D eigenvalue weighted by Gasteiger charge is 2.27. The zero-order chi connectivity index (χ0) is 26.0. The van der Waals surface area contributed by atoms with Crippen LogP contribution in [0.15, 0.2) is 29.1 Å². The Hall–Kier alpha value is -3.44. The molecule has 4 rings (SSSR count). The molecular formula is C25H34N6O5. The van der Waals surface area contributed by atoms with Crippen LogP contribution in [0, 0.1) is 0 Å². The quantitative estimate of drug-likeness (QED) is 0.504. The van der Waals surface area contributed by atoms with E-state index in [0.717, 1.165) is 17.5 Å². The molecule has 11 heteroatoms. The summed E-state index contributed by atoms with van der Waals surface area (Å²) in [5.74, 6) is 0.174. The van der Waals surface area contributed by atoms with Crippen molar-refractivity contribution in [1.82, 2.24) is 24.9 Å². The molecule has 3 N–H and O–H groups in total. The number of nitrogens with two attached hydrogens (primary N) is 1. The Balaban J connectivity index is 1.74. The molecule has 0 bridgehead atoms. The van der Waals surface area contributed by atoms with E-state index in [1.807, 2.05) is 52.0 Å². The number of ether oxygens (including phenoxy) is 3. The van der Waals surface area contributed by atoms with Gasteiger partial charge in [0.2, 0.25) is 0 Å². The minimum absolute atomic E-state index is 0.174. The molecule has 0 radical (unpaired) electrons. The summed E-state index contributed by atoms with van der Waals surface area (Å²) in [4.78, 5) is 27.1. The van der Waals surface area contributed by atoms with Crippen LogP contribution in [0.4, 0.5) is 10.6 Å². The number of hydrogen-bond donors (Lipinski definition) is 2. The third kappa shape index (κ3) is 5.36. The lowest BCUT2D eigenvalue weighted by Crippen LogP contribution is -2.38. The SMILES string of the molecule is CCCC(CN(C)C(=O)OC(C)(C)C)n1nc(-c2ccc(C3OCCO3)cc2)c2c(N)n[nH]c(=O)c21. The number of anilines is 1. The van der Waals surface area contributed by atoms with Crippen molar-refractivity contribution < 1.29 is 19.0 Å². The van der Waals surface area contributed by atoms with Crippen LogP contribution in [0.5, 0.6) is 0 Å². The highest BCUT2D eigenvalue weighted by atomic mass is 16.7. The van der Waals surface area contributed by atoms with Crippen LogP contribution in [-0.2, 0) is 14.2 Å². The van der Waals surface area contributed by atoms with E-state index in [1.54, 1.807) is 11.7 Å². The zero-order valence-corrected chi connectivity index (χ0v) is 21.4. The lowest BCUT2D eigenvalue weighted by Gasteiger charge is -2.28. The van der Waals surface area contributed by atoms with Crippen molar-refractivity contribution in [2.75, 3.05) is 32.5 Å². The Morgan fingerprint density at radius 2 is 1.94 bits per heavy atom. The molecule has 0 aliphatic carbocycles. The summed E-state index contributed by atoms with van der Waals surface area (Å²) in [5, 5.41) is 11.8. The van der Waals surface area contributed by atoms with Crippen LogP contribution in [0.2, 0.25) is 0 Å². The molecule has 0 spiro atoms. The summed E-state index contributed by atoms with van der Waals surface area (Å²) in [6.45, 7) is 8.92. The Bertz CT molecular complexity index is 1270. The maximum absolute atomic E-state index is 13.0. The summed E-state index contributed by atoms with van der Waals surface area (Å²) in [6.07, 6.45) is 0.667. The summed E-state index contributed by atoms with van der Waals surface area (Å²) < 4.78 is 18.3. The van der Waals surface area contributed by atoms with Gasteiger partial charge in [0.15, 0.2) is 12.1 Å². The number of hydrogen-bond acceptors (Lipinski definition) is 8. The molecule has 3 heterocycles. The van der Waals surface area contributed by atoms with E-state index >= 15 is 0 Å². The van der Waals surface area contributed by atoms with Crippen molar-refractivity contribution in [2.45, 2.75) is 58.5 Å². The standard InChI is InChI=1S/C25H34N6O5/c1-6-7-17(14-30(5)24(33)36-25(2,3)4)31-20-18(21(26)27-28-22(20)32)19(29-31)15-8-10-16(11-9-15)23-34-12-13-35-23/h8-11,17,23H,6-7,12-14H2,1-5H3,(H2,26,27)(H,28,32). The number of benzene rings is 1. The normalized spacial score (nSPS) is 15.4. The van der Waals surface area contributed by atoms with Gasteiger partial charge in [-0.25, -0.2) is 9.89 Å². The minimum atomic E-state index is -0.616. The summed E-state index contributed by atoms with van der Waals surface area (Å²) in [7, 11) is 1.68. The third-order valence-electron chi connectivity index (χ3n) is 5.90. The second-order valence-corrected chi connectivity index (χ2v) is 9.95. The summed E-state index contributed by atoms with van der Waals surface area (Å²) in [5.41, 5.74) is 7.76. The van der Waals surface area contributed by atoms with Gasteiger partial charge in [0.1, 0.15) is 16.8 Å². The van der Waals surface area contributed by atoms with Crippen LogP contribution in [0.3, 0.4) is 0 Å². The number of nitrogens with zero attached hydrogens (tertiary/aromatic N) is 4. The van der Waals surface area contributed by atoms with Crippen molar-refractivity contribution in [2.24, 2.45) is 0 Å². The lowest BCUT2D eigenvalue weighted by atomic mass is 10.1. The van der Waals surface area contributed by atoms with Crippen LogP contribution in [0.25, 0.3) is 22.2 Å². The van der Waals surface area contributed by atoms with E-state index in [9.17, 15) is 9.59 Å². The zero-order valence-electron chi connectivity index (χ0n) is 21.4. The van der Waals surface area contributed by atoms with Gasteiger partial charge in [-0.15, -0.1) is 0 Å². The van der Waals surface area contributed by atoms with E-state index in [4.69, 9.17) is 25.0 Å². The summed E-state index contributed by atoms with van der Waals surface area (Å²) >= 11 is 0. The highest BCUT2D eigenvalue weighted by Crippen LogP contribution is 2.33. The number of aromatic nitrogens is 4. The number of rotatable bonds is 7. The second-order valence-electron chi connectivity index (χ2n) is 9.95. The fourth-order valence-electron chi connectivity index (χ4n) is 4.28. The molecule has 1 saturated heterocycles. The fraction of sp³-hybridized carbons (Fsp3) is 0.520. The predicted molar refractivity (Wildman–Crippen MR) is 135 cm³/mol. The van der Waals surface area contributed by atoms with Crippen molar-refractivity contribution in [1.29, 1.82) is 0 Å². The van der Waals surface area contributed by atoms with E-state index in [-0.39, 0.29) is 18.1 Å². The molecule has 1 aliphatic rings. The fourth-order valence-corrected chi connectivity index (χ4v) is 4.28. The van der Waals surface area contributed by atoms with Gasteiger partial charge >= 0.3 is 6.09 Å². The lowest BCUT2D eigenvalue weighted by molar-refractivity contribution is -0.0441. The average Bonchev–Trinajstić information content (AvgIpc) is 3.49. The number of fused-ring (bicyclic) bond motifs is 1. The van der Waals surface area contributed by atoms with Gasteiger partial charge in [0, 0.05) is 24.7 Å². The predicted octanol–water partition coefficient (Wildman–Crippen LogP) is 3.62. The van der Waals surface area contributed by atoms with E-state index in [2.05, 4.69) is 10.2 Å². The maximum atomic E-state index is 13.0. The van der Waals surface area contributed by atoms with Gasteiger partial charge in [-0.3, -0.25) is 9.48 Å². The third-order valence-corrected chi connectivity index (χ3v) is 5.90. The number of aromatic amines is 1. The van der Waals surface area contributed by atoms with E-state index in [0.29, 0.717) is 42.8 Å². The molecule has 36 heavy (non-hydrogen) atoms. The molecule has 1 amide bonds. The maximum Gasteiger partial charge on any atom is 0.410 e. The van der Waals surface area contributed by atoms with Crippen molar-refractivity contribution in [3.63, 3.8) is 0 Å².